The van der Waals surface area contributed by atoms with Gasteiger partial charge in [0.15, 0.2) is 0 Å². The second-order valence-electron chi connectivity index (χ2n) is 6.39. The Labute approximate surface area is 154 Å². The molecule has 0 aliphatic heterocycles. The molecule has 0 aliphatic rings. The fraction of sp³-hybridized carbons (Fsp3) is 0.526. The number of carbonyl (C=O) groups is 3. The van der Waals surface area contributed by atoms with Crippen molar-refractivity contribution in [3.05, 3.63) is 35.9 Å². The van der Waals surface area contributed by atoms with Gasteiger partial charge in [-0.3, -0.25) is 4.79 Å². The molecule has 0 radical (unpaired) electrons. The van der Waals surface area contributed by atoms with Gasteiger partial charge in [-0.1, -0.05) is 30.3 Å². The Bertz CT molecular complexity index is 575. The summed E-state index contributed by atoms with van der Waals surface area (Å²) in [5, 5.41) is 2.81. The van der Waals surface area contributed by atoms with E-state index in [1.54, 1.807) is 7.05 Å². The highest BCUT2D eigenvalue weighted by molar-refractivity contribution is 5.76. The average molecular weight is 364 g/mol. The first-order valence-electron chi connectivity index (χ1n) is 8.84. The first-order valence-corrected chi connectivity index (χ1v) is 8.84. The van der Waals surface area contributed by atoms with Gasteiger partial charge in [0, 0.05) is 26.1 Å². The summed E-state index contributed by atoms with van der Waals surface area (Å²) in [4.78, 5) is 45.2. The van der Waals surface area contributed by atoms with Gasteiger partial charge in [0.05, 0.1) is 6.42 Å². The standard InChI is InChI=1S/C19H28N2O5/c1-15(2)20-17(22)11-7-8-14-21(3)19(24)26-25-18(23)13-12-16-9-5-4-6-10-16/h4-6,9-10,15H,7-8,11-14H2,1-3H3,(H,20,22). The highest BCUT2D eigenvalue weighted by atomic mass is 17.2. The molecule has 0 fully saturated rings. The first kappa shape index (κ1) is 21.5. The van der Waals surface area contributed by atoms with Crippen LogP contribution in [0.15, 0.2) is 30.3 Å². The van der Waals surface area contributed by atoms with E-state index >= 15 is 0 Å². The Balaban J connectivity index is 2.13. The highest BCUT2D eigenvalue weighted by Gasteiger charge is 2.14. The van der Waals surface area contributed by atoms with Crippen LogP contribution >= 0.6 is 0 Å². The normalized spacial score (nSPS) is 10.3. The van der Waals surface area contributed by atoms with Crippen LogP contribution in [0.1, 0.15) is 45.1 Å². The molecule has 0 bridgehead atoms. The van der Waals surface area contributed by atoms with Crippen LogP contribution in [0.5, 0.6) is 0 Å². The van der Waals surface area contributed by atoms with Crippen molar-refractivity contribution in [2.45, 2.75) is 52.0 Å². The van der Waals surface area contributed by atoms with Crippen molar-refractivity contribution in [2.75, 3.05) is 13.6 Å². The number of benzene rings is 1. The Hall–Kier alpha value is -2.57. The number of nitrogens with zero attached hydrogens (tertiary/aromatic N) is 1. The molecule has 0 atom stereocenters. The molecule has 0 unspecified atom stereocenters. The smallest absolute Gasteiger partial charge is 0.354 e. The second kappa shape index (κ2) is 11.9. The van der Waals surface area contributed by atoms with Crippen LogP contribution in [-0.2, 0) is 25.8 Å². The molecule has 1 aromatic carbocycles. The maximum absolute atomic E-state index is 11.7. The van der Waals surface area contributed by atoms with E-state index < -0.39 is 12.1 Å². The van der Waals surface area contributed by atoms with E-state index in [1.807, 2.05) is 44.2 Å². The first-order chi connectivity index (χ1) is 12.4. The second-order valence-corrected chi connectivity index (χ2v) is 6.39. The largest absolute Gasteiger partial charge is 0.452 e. The molecule has 7 nitrogen and oxygen atoms in total. The molecule has 2 amide bonds. The average Bonchev–Trinajstić information content (AvgIpc) is 2.61. The van der Waals surface area contributed by atoms with Gasteiger partial charge in [-0.15, -0.1) is 0 Å². The van der Waals surface area contributed by atoms with Crippen molar-refractivity contribution in [3.63, 3.8) is 0 Å². The van der Waals surface area contributed by atoms with E-state index in [0.717, 1.165) is 5.56 Å². The minimum Gasteiger partial charge on any atom is -0.354 e. The molecule has 0 heterocycles. The van der Waals surface area contributed by atoms with E-state index in [1.165, 1.54) is 4.90 Å². The number of rotatable bonds is 9. The summed E-state index contributed by atoms with van der Waals surface area (Å²) >= 11 is 0. The third-order valence-electron chi connectivity index (χ3n) is 3.58. The predicted molar refractivity (Wildman–Crippen MR) is 97.1 cm³/mol. The molecular weight excluding hydrogens is 336 g/mol. The van der Waals surface area contributed by atoms with Crippen LogP contribution in [-0.4, -0.2) is 42.5 Å². The van der Waals surface area contributed by atoms with E-state index in [9.17, 15) is 14.4 Å². The van der Waals surface area contributed by atoms with Gasteiger partial charge in [-0.25, -0.2) is 19.4 Å². The van der Waals surface area contributed by atoms with E-state index in [-0.39, 0.29) is 18.4 Å². The van der Waals surface area contributed by atoms with Gasteiger partial charge < -0.3 is 10.2 Å². The third kappa shape index (κ3) is 9.66. The fourth-order valence-electron chi connectivity index (χ4n) is 2.20. The molecule has 1 rings (SSSR count). The molecule has 0 aliphatic carbocycles. The zero-order valence-corrected chi connectivity index (χ0v) is 15.7. The van der Waals surface area contributed by atoms with Crippen LogP contribution < -0.4 is 5.32 Å². The maximum atomic E-state index is 11.7. The van der Waals surface area contributed by atoms with E-state index in [4.69, 9.17) is 0 Å². The van der Waals surface area contributed by atoms with Crippen molar-refractivity contribution >= 4 is 18.0 Å². The number of hydrogen-bond donors (Lipinski definition) is 1. The number of nitrogens with one attached hydrogen (secondary N) is 1. The van der Waals surface area contributed by atoms with Crippen LogP contribution in [0.4, 0.5) is 4.79 Å². The Kier molecular flexibility index (Phi) is 9.82. The molecule has 0 spiro atoms. The van der Waals surface area contributed by atoms with Gasteiger partial charge >= 0.3 is 12.1 Å². The summed E-state index contributed by atoms with van der Waals surface area (Å²) < 4.78 is 0. The Morgan fingerprint density at radius 3 is 2.38 bits per heavy atom. The van der Waals surface area contributed by atoms with Crippen LogP contribution in [0.2, 0.25) is 0 Å². The molecule has 26 heavy (non-hydrogen) atoms. The molecule has 0 saturated carbocycles. The van der Waals surface area contributed by atoms with Crippen molar-refractivity contribution in [3.8, 4) is 0 Å². The number of hydrogen-bond acceptors (Lipinski definition) is 5. The molecular formula is C19H28N2O5. The summed E-state index contributed by atoms with van der Waals surface area (Å²) in [6, 6.07) is 9.63. The lowest BCUT2D eigenvalue weighted by Gasteiger charge is -2.15. The molecule has 0 aromatic heterocycles. The summed E-state index contributed by atoms with van der Waals surface area (Å²) in [6.45, 7) is 4.22. The van der Waals surface area contributed by atoms with Crippen LogP contribution in [0.25, 0.3) is 0 Å². The maximum Gasteiger partial charge on any atom is 0.452 e. The van der Waals surface area contributed by atoms with Gasteiger partial charge in [0.25, 0.3) is 0 Å². The lowest BCUT2D eigenvalue weighted by molar-refractivity contribution is -0.236. The lowest BCUT2D eigenvalue weighted by atomic mass is 10.1. The summed E-state index contributed by atoms with van der Waals surface area (Å²) in [5.41, 5.74) is 1.01. The summed E-state index contributed by atoms with van der Waals surface area (Å²) in [6.07, 6.45) is 1.64. The topological polar surface area (TPSA) is 84.9 Å². The lowest BCUT2D eigenvalue weighted by Crippen LogP contribution is -2.31. The summed E-state index contributed by atoms with van der Waals surface area (Å²) in [7, 11) is 1.55. The molecule has 0 saturated heterocycles. The predicted octanol–water partition coefficient (Wildman–Crippen LogP) is 2.84. The minimum atomic E-state index is -0.732. The van der Waals surface area contributed by atoms with E-state index in [0.29, 0.717) is 32.2 Å². The highest BCUT2D eigenvalue weighted by Crippen LogP contribution is 2.04. The van der Waals surface area contributed by atoms with Gasteiger partial charge in [0.2, 0.25) is 5.91 Å². The summed E-state index contributed by atoms with van der Waals surface area (Å²) in [5.74, 6) is -0.599. The van der Waals surface area contributed by atoms with Crippen molar-refractivity contribution < 1.29 is 24.2 Å². The van der Waals surface area contributed by atoms with Crippen molar-refractivity contribution in [2.24, 2.45) is 0 Å². The Morgan fingerprint density at radius 1 is 1.04 bits per heavy atom. The quantitative estimate of drug-likeness (QED) is 0.414. The SMILES string of the molecule is CC(C)NC(=O)CCCCN(C)C(=O)OOC(=O)CCc1ccccc1. The number of carbonyl (C=O) groups excluding carboxylic acids is 3. The van der Waals surface area contributed by atoms with Crippen molar-refractivity contribution in [1.29, 1.82) is 0 Å². The zero-order chi connectivity index (χ0) is 19.4. The molecule has 7 heteroatoms. The molecule has 144 valence electrons. The number of unbranched alkanes of at least 4 members (excludes halogenated alkanes) is 1. The van der Waals surface area contributed by atoms with Crippen molar-refractivity contribution in [1.82, 2.24) is 10.2 Å². The van der Waals surface area contributed by atoms with Gasteiger partial charge in [-0.05, 0) is 38.7 Å². The number of amides is 2. The third-order valence-corrected chi connectivity index (χ3v) is 3.58. The van der Waals surface area contributed by atoms with Gasteiger partial charge in [-0.2, -0.15) is 0 Å². The monoisotopic (exact) mass is 364 g/mol. The number of aryl methyl sites for hydroxylation is 1. The zero-order valence-electron chi connectivity index (χ0n) is 15.7. The van der Waals surface area contributed by atoms with Crippen LogP contribution in [0.3, 0.4) is 0 Å². The van der Waals surface area contributed by atoms with Crippen LogP contribution in [0, 0.1) is 0 Å². The molecule has 1 aromatic rings. The Morgan fingerprint density at radius 2 is 1.73 bits per heavy atom. The van der Waals surface area contributed by atoms with E-state index in [2.05, 4.69) is 15.1 Å². The molecule has 1 N–H and O–H groups in total. The van der Waals surface area contributed by atoms with Gasteiger partial charge in [0.1, 0.15) is 0 Å². The fourth-order valence-corrected chi connectivity index (χ4v) is 2.20. The minimum absolute atomic E-state index is 0.00224.